The van der Waals surface area contributed by atoms with Gasteiger partial charge in [-0.1, -0.05) is 31.9 Å². The summed E-state index contributed by atoms with van der Waals surface area (Å²) < 4.78 is 5.20. The Labute approximate surface area is 151 Å². The topological polar surface area (TPSA) is 106 Å². The van der Waals surface area contributed by atoms with Crippen molar-refractivity contribution in [3.05, 3.63) is 34.4 Å². The molecule has 3 N–H and O–H groups in total. The van der Waals surface area contributed by atoms with Gasteiger partial charge in [-0.05, 0) is 37.0 Å². The molecular weight excluding hydrogens is 344 g/mol. The highest BCUT2D eigenvalue weighted by molar-refractivity contribution is 7.80. The maximum Gasteiger partial charge on any atom is 0.310 e. The van der Waals surface area contributed by atoms with E-state index in [1.165, 1.54) is 31.0 Å². The molecule has 0 heterocycles. The smallest absolute Gasteiger partial charge is 0.310 e. The van der Waals surface area contributed by atoms with E-state index in [1.807, 2.05) is 0 Å². The Bertz CT molecular complexity index is 640. The first-order valence-electron chi connectivity index (χ1n) is 8.19. The zero-order valence-electron chi connectivity index (χ0n) is 14.0. The molecule has 8 nitrogen and oxygen atoms in total. The first-order valence-corrected chi connectivity index (χ1v) is 8.59. The van der Waals surface area contributed by atoms with Crippen LogP contribution in [0.25, 0.3) is 0 Å². The van der Waals surface area contributed by atoms with E-state index >= 15 is 0 Å². The first kappa shape index (κ1) is 18.9. The Morgan fingerprint density at radius 3 is 2.76 bits per heavy atom. The molecule has 0 spiro atoms. The lowest BCUT2D eigenvalue weighted by atomic mass is 9.86. The van der Waals surface area contributed by atoms with Crippen molar-refractivity contribution in [1.29, 1.82) is 0 Å². The van der Waals surface area contributed by atoms with Gasteiger partial charge >= 0.3 is 5.69 Å². The van der Waals surface area contributed by atoms with Crippen LogP contribution in [0.1, 0.15) is 32.6 Å². The number of hydrogen-bond donors (Lipinski definition) is 3. The van der Waals surface area contributed by atoms with Crippen molar-refractivity contribution < 1.29 is 14.5 Å². The molecule has 0 aromatic heterocycles. The summed E-state index contributed by atoms with van der Waals surface area (Å²) in [5, 5.41) is 14.4. The highest BCUT2D eigenvalue weighted by atomic mass is 32.1. The van der Waals surface area contributed by atoms with E-state index < -0.39 is 10.8 Å². The number of benzene rings is 1. The first-order chi connectivity index (χ1) is 12.0. The fraction of sp³-hybridized carbons (Fsp3) is 0.500. The molecule has 1 saturated carbocycles. The van der Waals surface area contributed by atoms with Crippen LogP contribution in [-0.4, -0.2) is 28.6 Å². The third-order valence-corrected chi connectivity index (χ3v) is 4.38. The van der Waals surface area contributed by atoms with Crippen molar-refractivity contribution in [3.8, 4) is 5.75 Å². The summed E-state index contributed by atoms with van der Waals surface area (Å²) in [7, 11) is 0. The molecule has 1 aliphatic carbocycles. The lowest BCUT2D eigenvalue weighted by Gasteiger charge is -2.30. The Morgan fingerprint density at radius 1 is 1.32 bits per heavy atom. The molecule has 0 saturated heterocycles. The monoisotopic (exact) mass is 366 g/mol. The number of thiocarbonyl (C=S) groups is 1. The van der Waals surface area contributed by atoms with Gasteiger partial charge in [-0.15, -0.1) is 0 Å². The molecule has 0 unspecified atom stereocenters. The van der Waals surface area contributed by atoms with E-state index in [2.05, 4.69) is 23.1 Å². The number of carbonyl (C=O) groups is 1. The second-order valence-corrected chi connectivity index (χ2v) is 6.44. The summed E-state index contributed by atoms with van der Waals surface area (Å²) in [6.45, 7) is 1.82. The summed E-state index contributed by atoms with van der Waals surface area (Å²) in [6, 6.07) is 6.19. The summed E-state index contributed by atoms with van der Waals surface area (Å²) in [6.07, 6.45) is 4.62. The van der Waals surface area contributed by atoms with Crippen molar-refractivity contribution in [2.24, 2.45) is 5.92 Å². The van der Waals surface area contributed by atoms with Gasteiger partial charge in [0, 0.05) is 12.1 Å². The summed E-state index contributed by atoms with van der Waals surface area (Å²) in [5.41, 5.74) is 4.86. The fourth-order valence-electron chi connectivity index (χ4n) is 2.77. The van der Waals surface area contributed by atoms with Crippen LogP contribution >= 0.6 is 12.2 Å². The van der Waals surface area contributed by atoms with Gasteiger partial charge < -0.3 is 10.1 Å². The number of carbonyl (C=O) groups excluding carboxylic acids is 1. The van der Waals surface area contributed by atoms with Crippen LogP contribution in [0.3, 0.4) is 0 Å². The lowest BCUT2D eigenvalue weighted by Crippen LogP contribution is -2.52. The third-order valence-electron chi connectivity index (χ3n) is 4.16. The van der Waals surface area contributed by atoms with E-state index in [0.717, 1.165) is 12.8 Å². The summed E-state index contributed by atoms with van der Waals surface area (Å²) in [5.74, 6) is 0.0875. The highest BCUT2D eigenvalue weighted by Gasteiger charge is 2.21. The van der Waals surface area contributed by atoms with Gasteiger partial charge in [-0.2, -0.15) is 0 Å². The fourth-order valence-corrected chi connectivity index (χ4v) is 2.97. The number of nitrogens with zero attached hydrogens (tertiary/aromatic N) is 1. The number of nitro benzene ring substituents is 1. The van der Waals surface area contributed by atoms with Crippen LogP contribution in [0.5, 0.6) is 5.75 Å². The normalized spacial score (nSPS) is 19.6. The van der Waals surface area contributed by atoms with Crippen LogP contribution in [0.15, 0.2) is 24.3 Å². The quantitative estimate of drug-likeness (QED) is 0.416. The van der Waals surface area contributed by atoms with Crippen molar-refractivity contribution in [2.45, 2.75) is 38.6 Å². The maximum atomic E-state index is 11.8. The zero-order valence-corrected chi connectivity index (χ0v) is 14.8. The number of nitro groups is 1. The van der Waals surface area contributed by atoms with Gasteiger partial charge in [0.25, 0.3) is 5.91 Å². The molecule has 25 heavy (non-hydrogen) atoms. The van der Waals surface area contributed by atoms with Gasteiger partial charge in [-0.25, -0.2) is 0 Å². The molecule has 0 bridgehead atoms. The molecule has 1 aromatic rings. The highest BCUT2D eigenvalue weighted by Crippen LogP contribution is 2.25. The van der Waals surface area contributed by atoms with Gasteiger partial charge in [0.15, 0.2) is 17.5 Å². The number of rotatable bonds is 5. The number of para-hydroxylation sites is 2. The second kappa shape index (κ2) is 9.16. The minimum atomic E-state index is -0.560. The van der Waals surface area contributed by atoms with Gasteiger partial charge in [-0.3, -0.25) is 25.8 Å². The van der Waals surface area contributed by atoms with Gasteiger partial charge in [0.1, 0.15) is 0 Å². The maximum absolute atomic E-state index is 11.8. The van der Waals surface area contributed by atoms with Gasteiger partial charge in [0.05, 0.1) is 4.92 Å². The average molecular weight is 366 g/mol. The van der Waals surface area contributed by atoms with Crippen LogP contribution in [0, 0.1) is 16.0 Å². The number of hydrogen-bond acceptors (Lipinski definition) is 5. The van der Waals surface area contributed by atoms with E-state index in [1.54, 1.807) is 6.07 Å². The van der Waals surface area contributed by atoms with Crippen molar-refractivity contribution in [2.75, 3.05) is 6.61 Å². The summed E-state index contributed by atoms with van der Waals surface area (Å²) in [4.78, 5) is 22.1. The minimum absolute atomic E-state index is 0.0411. The lowest BCUT2D eigenvalue weighted by molar-refractivity contribution is -0.385. The Kier molecular flexibility index (Phi) is 6.93. The molecular formula is C16H22N4O4S. The number of amides is 1. The molecule has 9 heteroatoms. The predicted octanol–water partition coefficient (Wildman–Crippen LogP) is 2.05. The van der Waals surface area contributed by atoms with Crippen LogP contribution in [-0.2, 0) is 4.79 Å². The Hall–Kier alpha value is -2.42. The van der Waals surface area contributed by atoms with E-state index in [9.17, 15) is 14.9 Å². The number of nitrogens with one attached hydrogen (secondary N) is 3. The molecule has 136 valence electrons. The van der Waals surface area contributed by atoms with E-state index in [4.69, 9.17) is 17.0 Å². The zero-order chi connectivity index (χ0) is 18.2. The molecule has 1 aliphatic rings. The van der Waals surface area contributed by atoms with Crippen LogP contribution < -0.4 is 20.9 Å². The van der Waals surface area contributed by atoms with Gasteiger partial charge in [0.2, 0.25) is 0 Å². The molecule has 0 aliphatic heterocycles. The molecule has 0 radical (unpaired) electrons. The predicted molar refractivity (Wildman–Crippen MR) is 97.0 cm³/mol. The summed E-state index contributed by atoms with van der Waals surface area (Å²) >= 11 is 5.17. The van der Waals surface area contributed by atoms with E-state index in [0.29, 0.717) is 17.1 Å². The molecule has 2 rings (SSSR count). The standard InChI is InChI=1S/C16H22N4O4S/c1-11-6-2-3-7-12(11)17-16(25)19-18-15(21)10-24-14-9-5-4-8-13(14)20(22)23/h4-5,8-9,11-12H,2-3,6-7,10H2,1H3,(H,18,21)(H2,17,19,25)/t11-,12+/m1/s1. The number of ether oxygens (including phenoxy) is 1. The third kappa shape index (κ3) is 5.86. The molecule has 2 atom stereocenters. The number of hydrazine groups is 1. The average Bonchev–Trinajstić information content (AvgIpc) is 2.60. The van der Waals surface area contributed by atoms with Crippen molar-refractivity contribution in [1.82, 2.24) is 16.2 Å². The Morgan fingerprint density at radius 2 is 2.04 bits per heavy atom. The second-order valence-electron chi connectivity index (χ2n) is 6.03. The Balaban J connectivity index is 1.73. The SMILES string of the molecule is C[C@@H]1CCCC[C@@H]1NC(=S)NNC(=O)COc1ccccc1[N+](=O)[O-]. The van der Waals surface area contributed by atoms with Crippen molar-refractivity contribution >= 4 is 28.9 Å². The van der Waals surface area contributed by atoms with Crippen LogP contribution in [0.2, 0.25) is 0 Å². The molecule has 1 amide bonds. The van der Waals surface area contributed by atoms with Crippen molar-refractivity contribution in [3.63, 3.8) is 0 Å². The van der Waals surface area contributed by atoms with Crippen LogP contribution in [0.4, 0.5) is 5.69 Å². The molecule has 1 aromatic carbocycles. The minimum Gasteiger partial charge on any atom is -0.477 e. The van der Waals surface area contributed by atoms with E-state index in [-0.39, 0.29) is 18.0 Å². The molecule has 1 fully saturated rings. The largest absolute Gasteiger partial charge is 0.477 e.